The summed E-state index contributed by atoms with van der Waals surface area (Å²) in [7, 11) is 2.11. The van der Waals surface area contributed by atoms with Crippen molar-refractivity contribution in [3.63, 3.8) is 0 Å². The van der Waals surface area contributed by atoms with Gasteiger partial charge < -0.3 is 9.80 Å². The standard InChI is InChI=1S/C17H26N2O/c1-14(2)12-15-4-6-16(7-5-15)13-17(20)19-10-8-18(3)9-11-19/h4-7,14H,8-13H2,1-3H3. The first-order valence-corrected chi connectivity index (χ1v) is 7.58. The molecular weight excluding hydrogens is 248 g/mol. The SMILES string of the molecule is CC(C)Cc1ccc(CC(=O)N2CCN(C)CC2)cc1. The van der Waals surface area contributed by atoms with Crippen molar-refractivity contribution in [3.05, 3.63) is 35.4 Å². The molecule has 1 aliphatic rings. The van der Waals surface area contributed by atoms with E-state index in [1.807, 2.05) is 4.90 Å². The third-order valence-electron chi connectivity index (χ3n) is 3.88. The second-order valence-electron chi connectivity index (χ2n) is 6.28. The number of hydrogen-bond donors (Lipinski definition) is 0. The number of carbonyl (C=O) groups excluding carboxylic acids is 1. The molecule has 1 amide bonds. The van der Waals surface area contributed by atoms with Crippen LogP contribution in [-0.4, -0.2) is 48.9 Å². The minimum absolute atomic E-state index is 0.259. The maximum Gasteiger partial charge on any atom is 0.227 e. The smallest absolute Gasteiger partial charge is 0.227 e. The Hall–Kier alpha value is -1.35. The van der Waals surface area contributed by atoms with Crippen molar-refractivity contribution >= 4 is 5.91 Å². The molecule has 1 aliphatic heterocycles. The van der Waals surface area contributed by atoms with Crippen LogP contribution in [-0.2, 0) is 17.6 Å². The van der Waals surface area contributed by atoms with Crippen molar-refractivity contribution < 1.29 is 4.79 Å². The Labute approximate surface area is 122 Å². The Balaban J connectivity index is 1.88. The summed E-state index contributed by atoms with van der Waals surface area (Å²) in [6.07, 6.45) is 1.64. The molecule has 0 spiro atoms. The molecule has 110 valence electrons. The van der Waals surface area contributed by atoms with E-state index in [9.17, 15) is 4.79 Å². The quantitative estimate of drug-likeness (QED) is 0.840. The zero-order valence-corrected chi connectivity index (χ0v) is 12.9. The van der Waals surface area contributed by atoms with E-state index in [2.05, 4.69) is 50.1 Å². The van der Waals surface area contributed by atoms with Gasteiger partial charge in [-0.05, 0) is 30.5 Å². The van der Waals surface area contributed by atoms with Crippen molar-refractivity contribution in [1.29, 1.82) is 0 Å². The van der Waals surface area contributed by atoms with Gasteiger partial charge in [-0.15, -0.1) is 0 Å². The van der Waals surface area contributed by atoms with Crippen LogP contribution in [0.3, 0.4) is 0 Å². The van der Waals surface area contributed by atoms with E-state index in [0.29, 0.717) is 12.3 Å². The van der Waals surface area contributed by atoms with Gasteiger partial charge >= 0.3 is 0 Å². The Morgan fingerprint density at radius 1 is 1.05 bits per heavy atom. The number of benzene rings is 1. The van der Waals surface area contributed by atoms with Crippen LogP contribution >= 0.6 is 0 Å². The zero-order chi connectivity index (χ0) is 14.5. The van der Waals surface area contributed by atoms with Crippen LogP contribution in [0.4, 0.5) is 0 Å². The van der Waals surface area contributed by atoms with Crippen molar-refractivity contribution in [2.75, 3.05) is 33.2 Å². The number of nitrogens with zero attached hydrogens (tertiary/aromatic N) is 2. The monoisotopic (exact) mass is 274 g/mol. The third kappa shape index (κ3) is 4.34. The van der Waals surface area contributed by atoms with Crippen LogP contribution in [0.5, 0.6) is 0 Å². The van der Waals surface area contributed by atoms with Gasteiger partial charge in [0.2, 0.25) is 5.91 Å². The highest BCUT2D eigenvalue weighted by atomic mass is 16.2. The maximum absolute atomic E-state index is 12.2. The normalized spacial score (nSPS) is 16.7. The van der Waals surface area contributed by atoms with E-state index in [1.54, 1.807) is 0 Å². The van der Waals surface area contributed by atoms with Crippen LogP contribution in [0.15, 0.2) is 24.3 Å². The maximum atomic E-state index is 12.2. The highest BCUT2D eigenvalue weighted by Gasteiger charge is 2.18. The van der Waals surface area contributed by atoms with Gasteiger partial charge in [0.05, 0.1) is 6.42 Å². The molecule has 3 nitrogen and oxygen atoms in total. The number of piperazine rings is 1. The molecule has 0 bridgehead atoms. The van der Waals surface area contributed by atoms with Crippen molar-refractivity contribution in [3.8, 4) is 0 Å². The van der Waals surface area contributed by atoms with E-state index in [1.165, 1.54) is 5.56 Å². The zero-order valence-electron chi connectivity index (χ0n) is 12.9. The number of likely N-dealkylation sites (N-methyl/N-ethyl adjacent to an activating group) is 1. The lowest BCUT2D eigenvalue weighted by Crippen LogP contribution is -2.47. The molecule has 2 rings (SSSR count). The molecule has 0 atom stereocenters. The first kappa shape index (κ1) is 15.0. The van der Waals surface area contributed by atoms with Crippen molar-refractivity contribution in [1.82, 2.24) is 9.80 Å². The Morgan fingerprint density at radius 3 is 2.15 bits per heavy atom. The lowest BCUT2D eigenvalue weighted by molar-refractivity contribution is -0.132. The minimum atomic E-state index is 0.259. The van der Waals surface area contributed by atoms with Gasteiger partial charge in [0.1, 0.15) is 0 Å². The molecule has 1 fully saturated rings. The number of rotatable bonds is 4. The van der Waals surface area contributed by atoms with Gasteiger partial charge in [-0.25, -0.2) is 0 Å². The summed E-state index contributed by atoms with van der Waals surface area (Å²) in [6, 6.07) is 8.52. The summed E-state index contributed by atoms with van der Waals surface area (Å²) in [6.45, 7) is 8.15. The predicted octanol–water partition coefficient (Wildman–Crippen LogP) is 2.20. The fourth-order valence-electron chi connectivity index (χ4n) is 2.61. The average molecular weight is 274 g/mol. The largest absolute Gasteiger partial charge is 0.340 e. The summed E-state index contributed by atoms with van der Waals surface area (Å²) in [4.78, 5) is 16.5. The van der Waals surface area contributed by atoms with Crippen LogP contribution in [0.25, 0.3) is 0 Å². The lowest BCUT2D eigenvalue weighted by Gasteiger charge is -2.32. The molecule has 1 aromatic carbocycles. The topological polar surface area (TPSA) is 23.6 Å². The molecular formula is C17H26N2O. The highest BCUT2D eigenvalue weighted by Crippen LogP contribution is 2.11. The summed E-state index contributed by atoms with van der Waals surface area (Å²) in [5, 5.41) is 0. The second-order valence-corrected chi connectivity index (χ2v) is 6.28. The Morgan fingerprint density at radius 2 is 1.60 bits per heavy atom. The van der Waals surface area contributed by atoms with E-state index < -0.39 is 0 Å². The van der Waals surface area contributed by atoms with E-state index in [4.69, 9.17) is 0 Å². The van der Waals surface area contributed by atoms with Crippen LogP contribution in [0.2, 0.25) is 0 Å². The molecule has 0 aromatic heterocycles. The van der Waals surface area contributed by atoms with Gasteiger partial charge in [-0.2, -0.15) is 0 Å². The average Bonchev–Trinajstić information content (AvgIpc) is 2.41. The van der Waals surface area contributed by atoms with Crippen molar-refractivity contribution in [2.24, 2.45) is 5.92 Å². The summed E-state index contributed by atoms with van der Waals surface area (Å²) < 4.78 is 0. The van der Waals surface area contributed by atoms with Gasteiger partial charge in [0.15, 0.2) is 0 Å². The summed E-state index contributed by atoms with van der Waals surface area (Å²) >= 11 is 0. The molecule has 1 aromatic rings. The predicted molar refractivity (Wildman–Crippen MR) is 82.8 cm³/mol. The van der Waals surface area contributed by atoms with Gasteiger partial charge in [-0.3, -0.25) is 4.79 Å². The Bertz CT molecular complexity index is 431. The number of carbonyl (C=O) groups is 1. The fraction of sp³-hybridized carbons (Fsp3) is 0.588. The van der Waals surface area contributed by atoms with Gasteiger partial charge in [-0.1, -0.05) is 38.1 Å². The molecule has 0 aliphatic carbocycles. The molecule has 20 heavy (non-hydrogen) atoms. The first-order chi connectivity index (χ1) is 9.54. The fourth-order valence-corrected chi connectivity index (χ4v) is 2.61. The molecule has 0 saturated carbocycles. The van der Waals surface area contributed by atoms with Crippen molar-refractivity contribution in [2.45, 2.75) is 26.7 Å². The van der Waals surface area contributed by atoms with Crippen LogP contribution < -0.4 is 0 Å². The third-order valence-corrected chi connectivity index (χ3v) is 3.88. The first-order valence-electron chi connectivity index (χ1n) is 7.58. The van der Waals surface area contributed by atoms with Gasteiger partial charge in [0, 0.05) is 26.2 Å². The molecule has 0 unspecified atom stereocenters. The summed E-state index contributed by atoms with van der Waals surface area (Å²) in [5.41, 5.74) is 2.48. The number of hydrogen-bond acceptors (Lipinski definition) is 2. The van der Waals surface area contributed by atoms with Gasteiger partial charge in [0.25, 0.3) is 0 Å². The van der Waals surface area contributed by atoms with E-state index in [0.717, 1.165) is 38.2 Å². The molecule has 0 N–H and O–H groups in total. The lowest BCUT2D eigenvalue weighted by atomic mass is 10.0. The molecule has 1 heterocycles. The summed E-state index contributed by atoms with van der Waals surface area (Å²) in [5.74, 6) is 0.933. The second kappa shape index (κ2) is 6.89. The number of amides is 1. The van der Waals surface area contributed by atoms with E-state index >= 15 is 0 Å². The van der Waals surface area contributed by atoms with Crippen LogP contribution in [0, 0.1) is 5.92 Å². The highest BCUT2D eigenvalue weighted by molar-refractivity contribution is 5.78. The van der Waals surface area contributed by atoms with Crippen LogP contribution in [0.1, 0.15) is 25.0 Å². The molecule has 1 saturated heterocycles. The molecule has 0 radical (unpaired) electrons. The Kier molecular flexibility index (Phi) is 5.18. The minimum Gasteiger partial charge on any atom is -0.340 e. The van der Waals surface area contributed by atoms with E-state index in [-0.39, 0.29) is 5.91 Å². The molecule has 3 heteroatoms.